The second kappa shape index (κ2) is 8.29. The van der Waals surface area contributed by atoms with Gasteiger partial charge in [0.15, 0.2) is 5.82 Å². The third kappa shape index (κ3) is 3.62. The Labute approximate surface area is 167 Å². The summed E-state index contributed by atoms with van der Waals surface area (Å²) in [4.78, 5) is 27.1. The van der Waals surface area contributed by atoms with Crippen molar-refractivity contribution in [3.63, 3.8) is 0 Å². The number of nitrogens with zero attached hydrogens (tertiary/aromatic N) is 4. The normalized spacial score (nSPS) is 18.8. The van der Waals surface area contributed by atoms with Gasteiger partial charge < -0.3 is 9.80 Å². The molecule has 1 atom stereocenters. The molecule has 2 aromatic rings. The van der Waals surface area contributed by atoms with Crippen LogP contribution in [0.5, 0.6) is 0 Å². The lowest BCUT2D eigenvalue weighted by atomic mass is 9.96. The molecule has 1 aromatic heterocycles. The largest absolute Gasteiger partial charge is 0.355 e. The minimum atomic E-state index is 0.0702. The summed E-state index contributed by atoms with van der Waals surface area (Å²) in [5.74, 6) is 2.25. The molecular weight excluding hydrogens is 348 g/mol. The van der Waals surface area contributed by atoms with Gasteiger partial charge in [-0.1, -0.05) is 30.3 Å². The zero-order chi connectivity index (χ0) is 19.5. The highest BCUT2D eigenvalue weighted by atomic mass is 16.2. The Morgan fingerprint density at radius 3 is 2.64 bits per heavy atom. The molecule has 1 fully saturated rings. The summed E-state index contributed by atoms with van der Waals surface area (Å²) < 4.78 is 0. The van der Waals surface area contributed by atoms with Gasteiger partial charge in [0.05, 0.1) is 5.92 Å². The van der Waals surface area contributed by atoms with E-state index in [9.17, 15) is 4.79 Å². The van der Waals surface area contributed by atoms with Crippen molar-refractivity contribution in [3.8, 4) is 11.4 Å². The molecule has 0 radical (unpaired) electrons. The molecule has 1 aromatic carbocycles. The third-order valence-corrected chi connectivity index (χ3v) is 6.09. The van der Waals surface area contributed by atoms with E-state index in [0.717, 1.165) is 75.5 Å². The number of amides is 1. The molecule has 5 heteroatoms. The first kappa shape index (κ1) is 18.9. The second-order valence-corrected chi connectivity index (χ2v) is 7.81. The maximum atomic E-state index is 12.9. The Bertz CT molecular complexity index is 832. The van der Waals surface area contributed by atoms with E-state index >= 15 is 0 Å². The molecule has 1 unspecified atom stereocenters. The average Bonchev–Trinajstić information content (AvgIpc) is 3.23. The Balaban J connectivity index is 1.65. The number of fused-ring (bicyclic) bond motifs is 1. The molecule has 1 amide bonds. The molecule has 0 N–H and O–H groups in total. The lowest BCUT2D eigenvalue weighted by Gasteiger charge is -2.36. The van der Waals surface area contributed by atoms with Crippen LogP contribution in [-0.2, 0) is 17.6 Å². The van der Waals surface area contributed by atoms with Gasteiger partial charge in [-0.25, -0.2) is 9.97 Å². The first-order chi connectivity index (χ1) is 13.7. The molecule has 148 valence electrons. The maximum Gasteiger partial charge on any atom is 0.227 e. The molecule has 0 saturated carbocycles. The molecule has 2 aliphatic rings. The summed E-state index contributed by atoms with van der Waals surface area (Å²) in [6.45, 7) is 7.43. The van der Waals surface area contributed by atoms with Gasteiger partial charge in [0, 0.05) is 43.0 Å². The van der Waals surface area contributed by atoms with Gasteiger partial charge in [-0.05, 0) is 46.0 Å². The number of anilines is 1. The maximum absolute atomic E-state index is 12.9. The number of carbonyl (C=O) groups is 1. The number of carbonyl (C=O) groups excluding carboxylic acids is 1. The third-order valence-electron chi connectivity index (χ3n) is 6.09. The van der Waals surface area contributed by atoms with E-state index in [1.807, 2.05) is 23.1 Å². The Kier molecular flexibility index (Phi) is 5.60. The number of piperidine rings is 1. The predicted molar refractivity (Wildman–Crippen MR) is 112 cm³/mol. The number of rotatable bonds is 5. The summed E-state index contributed by atoms with van der Waals surface area (Å²) in [6, 6.07) is 10.2. The molecule has 0 spiro atoms. The smallest absolute Gasteiger partial charge is 0.227 e. The average molecular weight is 379 g/mol. The summed E-state index contributed by atoms with van der Waals surface area (Å²) in [6.07, 6.45) is 5.23. The lowest BCUT2D eigenvalue weighted by molar-refractivity contribution is -0.135. The minimum Gasteiger partial charge on any atom is -0.355 e. The minimum absolute atomic E-state index is 0.0702. The molecule has 4 rings (SSSR count). The van der Waals surface area contributed by atoms with E-state index in [2.05, 4.69) is 30.9 Å². The predicted octanol–water partition coefficient (Wildman–Crippen LogP) is 3.72. The van der Waals surface area contributed by atoms with Crippen LogP contribution < -0.4 is 4.90 Å². The van der Waals surface area contributed by atoms with Crippen molar-refractivity contribution in [2.24, 2.45) is 5.92 Å². The zero-order valence-electron chi connectivity index (χ0n) is 17.0. The second-order valence-electron chi connectivity index (χ2n) is 7.81. The summed E-state index contributed by atoms with van der Waals surface area (Å²) in [5, 5.41) is 0. The number of aromatic nitrogens is 2. The Morgan fingerprint density at radius 2 is 1.89 bits per heavy atom. The molecular formula is C23H30N4O. The molecule has 28 heavy (non-hydrogen) atoms. The Hall–Kier alpha value is -2.43. The van der Waals surface area contributed by atoms with Gasteiger partial charge in [-0.15, -0.1) is 0 Å². The number of hydrogen-bond donors (Lipinski definition) is 0. The van der Waals surface area contributed by atoms with Crippen LogP contribution in [0, 0.1) is 5.92 Å². The number of aryl methyl sites for hydroxylation is 1. The van der Waals surface area contributed by atoms with Crippen molar-refractivity contribution >= 4 is 11.7 Å². The van der Waals surface area contributed by atoms with E-state index < -0.39 is 0 Å². The number of benzene rings is 1. The first-order valence-corrected chi connectivity index (χ1v) is 10.7. The van der Waals surface area contributed by atoms with E-state index in [4.69, 9.17) is 9.97 Å². The fourth-order valence-electron chi connectivity index (χ4n) is 4.56. The van der Waals surface area contributed by atoms with Crippen LogP contribution in [0.4, 0.5) is 5.82 Å². The van der Waals surface area contributed by atoms with Crippen molar-refractivity contribution in [1.29, 1.82) is 0 Å². The van der Waals surface area contributed by atoms with E-state index in [0.29, 0.717) is 5.91 Å². The molecule has 2 heterocycles. The fraction of sp³-hybridized carbons (Fsp3) is 0.522. The molecule has 1 aliphatic carbocycles. The van der Waals surface area contributed by atoms with Crippen LogP contribution in [0.25, 0.3) is 11.4 Å². The monoisotopic (exact) mass is 378 g/mol. The standard InChI is InChI=1S/C23H30N4O/c1-3-26(4-2)23(28)18-12-9-15-27(16-18)22-19-13-8-14-20(19)24-21(25-22)17-10-6-5-7-11-17/h5-7,10-11,18H,3-4,8-9,12-16H2,1-2H3. The molecule has 1 aliphatic heterocycles. The van der Waals surface area contributed by atoms with Crippen molar-refractivity contribution < 1.29 is 4.79 Å². The highest BCUT2D eigenvalue weighted by Crippen LogP contribution is 2.33. The van der Waals surface area contributed by atoms with E-state index in [1.54, 1.807) is 0 Å². The van der Waals surface area contributed by atoms with Crippen LogP contribution in [0.1, 0.15) is 44.4 Å². The highest BCUT2D eigenvalue weighted by molar-refractivity contribution is 5.80. The quantitative estimate of drug-likeness (QED) is 0.796. The zero-order valence-corrected chi connectivity index (χ0v) is 17.0. The van der Waals surface area contributed by atoms with Gasteiger partial charge in [-0.3, -0.25) is 4.79 Å². The van der Waals surface area contributed by atoms with Gasteiger partial charge in [0.1, 0.15) is 5.82 Å². The number of hydrogen-bond acceptors (Lipinski definition) is 4. The van der Waals surface area contributed by atoms with Crippen LogP contribution in [0.3, 0.4) is 0 Å². The molecule has 5 nitrogen and oxygen atoms in total. The van der Waals surface area contributed by atoms with Crippen LogP contribution in [-0.4, -0.2) is 47.0 Å². The SMILES string of the molecule is CCN(CC)C(=O)C1CCCN(c2nc(-c3ccccc3)nc3c2CCC3)C1. The van der Waals surface area contributed by atoms with Gasteiger partial charge >= 0.3 is 0 Å². The van der Waals surface area contributed by atoms with E-state index in [-0.39, 0.29) is 5.92 Å². The highest BCUT2D eigenvalue weighted by Gasteiger charge is 2.31. The van der Waals surface area contributed by atoms with Gasteiger partial charge in [0.25, 0.3) is 0 Å². The van der Waals surface area contributed by atoms with Crippen molar-refractivity contribution in [2.45, 2.75) is 46.0 Å². The van der Waals surface area contributed by atoms with Crippen LogP contribution >= 0.6 is 0 Å². The fourth-order valence-corrected chi connectivity index (χ4v) is 4.56. The molecule has 0 bridgehead atoms. The van der Waals surface area contributed by atoms with Gasteiger partial charge in [0.2, 0.25) is 5.91 Å². The summed E-state index contributed by atoms with van der Waals surface area (Å²) in [5.41, 5.74) is 3.56. The van der Waals surface area contributed by atoms with Crippen molar-refractivity contribution in [1.82, 2.24) is 14.9 Å². The van der Waals surface area contributed by atoms with Crippen LogP contribution in [0.15, 0.2) is 30.3 Å². The topological polar surface area (TPSA) is 49.3 Å². The first-order valence-electron chi connectivity index (χ1n) is 10.7. The summed E-state index contributed by atoms with van der Waals surface area (Å²) >= 11 is 0. The van der Waals surface area contributed by atoms with E-state index in [1.165, 1.54) is 11.3 Å². The lowest BCUT2D eigenvalue weighted by Crippen LogP contribution is -2.45. The summed E-state index contributed by atoms with van der Waals surface area (Å²) in [7, 11) is 0. The van der Waals surface area contributed by atoms with Gasteiger partial charge in [-0.2, -0.15) is 0 Å². The van der Waals surface area contributed by atoms with Crippen molar-refractivity contribution in [3.05, 3.63) is 41.6 Å². The van der Waals surface area contributed by atoms with Crippen LogP contribution in [0.2, 0.25) is 0 Å². The van der Waals surface area contributed by atoms with Crippen molar-refractivity contribution in [2.75, 3.05) is 31.1 Å². The molecule has 1 saturated heterocycles. The Morgan fingerprint density at radius 1 is 1.11 bits per heavy atom.